The summed E-state index contributed by atoms with van der Waals surface area (Å²) in [6.45, 7) is 0.580. The zero-order valence-electron chi connectivity index (χ0n) is 30.1. The van der Waals surface area contributed by atoms with Crippen molar-refractivity contribution in [1.29, 1.82) is 0 Å². The monoisotopic (exact) mass is 753 g/mol. The molecule has 1 amide bonds. The summed E-state index contributed by atoms with van der Waals surface area (Å²) in [6.07, 6.45) is 7.54. The van der Waals surface area contributed by atoms with E-state index in [1.807, 2.05) is 17.0 Å². The van der Waals surface area contributed by atoms with E-state index < -0.39 is 47.3 Å². The molecular formula is C39H44F5N7O3. The van der Waals surface area contributed by atoms with Crippen molar-refractivity contribution in [3.63, 3.8) is 0 Å². The number of nitrogens with one attached hydrogen (secondary N) is 1. The Morgan fingerprint density at radius 1 is 0.981 bits per heavy atom. The first-order valence-corrected chi connectivity index (χ1v) is 19.2. The van der Waals surface area contributed by atoms with Gasteiger partial charge in [-0.15, -0.1) is 0 Å². The molecule has 10 nitrogen and oxygen atoms in total. The van der Waals surface area contributed by atoms with Gasteiger partial charge in [-0.2, -0.15) is 27.1 Å². The standard InChI is InChI=1S/C39H44F5N7O3/c1-36(40,41)32-28(33(52)48-39(34(53)54)25-12-22-11-23(14-25)15-26(39)13-22)18-45-35(47-32)50-20-37(8-3-2-4-9-37)29-16-27(5-6-31(29)50)51-30-7-10-49(21-38(42,43)44)19-24(30)17-46-51/h5-6,16-18,22-23,25-26H,2-4,7-15,19-21H2,1H3,(H,48,52)(H,53,54). The highest BCUT2D eigenvalue weighted by atomic mass is 19.4. The van der Waals surface area contributed by atoms with E-state index in [1.54, 1.807) is 10.9 Å². The van der Waals surface area contributed by atoms with Crippen molar-refractivity contribution < 1.29 is 36.6 Å². The molecule has 10 rings (SSSR count). The maximum absolute atomic E-state index is 15.5. The third-order valence-electron chi connectivity index (χ3n) is 13.6. The van der Waals surface area contributed by atoms with Crippen LogP contribution in [0.15, 0.2) is 30.6 Å². The molecule has 2 aliphatic heterocycles. The van der Waals surface area contributed by atoms with Gasteiger partial charge in [0, 0.05) is 61.5 Å². The Kier molecular flexibility index (Phi) is 8.19. The molecule has 0 unspecified atom stereocenters. The fourth-order valence-corrected chi connectivity index (χ4v) is 11.4. The molecule has 0 radical (unpaired) electrons. The highest BCUT2D eigenvalue weighted by Crippen LogP contribution is 2.58. The number of rotatable bonds is 7. The number of hydrogen-bond acceptors (Lipinski definition) is 7. The number of amides is 1. The van der Waals surface area contributed by atoms with Crippen LogP contribution in [0.25, 0.3) is 5.69 Å². The van der Waals surface area contributed by atoms with E-state index in [0.29, 0.717) is 57.4 Å². The first-order chi connectivity index (χ1) is 25.6. The minimum Gasteiger partial charge on any atom is -0.479 e. The molecule has 5 saturated carbocycles. The lowest BCUT2D eigenvalue weighted by Crippen LogP contribution is -2.70. The SMILES string of the molecule is CC(F)(F)c1nc(N2CC3(CCCCC3)c3cc(-n4ncc5c4CCN(CC(F)(F)F)C5)ccc32)ncc1C(=O)NC1(C(=O)O)C2CC3CC(C2)CC1C3. The normalized spacial score (nSPS) is 28.7. The van der Waals surface area contributed by atoms with Gasteiger partial charge in [0.2, 0.25) is 5.95 Å². The lowest BCUT2D eigenvalue weighted by Gasteiger charge is -2.59. The second-order valence-electron chi connectivity index (χ2n) is 17.0. The van der Waals surface area contributed by atoms with Crippen LogP contribution < -0.4 is 10.2 Å². The number of anilines is 2. The van der Waals surface area contributed by atoms with E-state index in [0.717, 1.165) is 72.9 Å². The number of carboxylic acid groups (broad SMARTS) is 1. The van der Waals surface area contributed by atoms with E-state index in [4.69, 9.17) is 0 Å². The van der Waals surface area contributed by atoms with Crippen LogP contribution >= 0.6 is 0 Å². The number of alkyl halides is 5. The van der Waals surface area contributed by atoms with Gasteiger partial charge in [-0.05, 0) is 92.4 Å². The van der Waals surface area contributed by atoms with Gasteiger partial charge < -0.3 is 15.3 Å². The van der Waals surface area contributed by atoms with Crippen LogP contribution in [0.5, 0.6) is 0 Å². The summed E-state index contributed by atoms with van der Waals surface area (Å²) in [5.74, 6) is -5.15. The predicted octanol–water partition coefficient (Wildman–Crippen LogP) is 7.06. The van der Waals surface area contributed by atoms with Gasteiger partial charge in [-0.3, -0.25) is 9.69 Å². The second kappa shape index (κ2) is 12.4. The number of nitrogens with zero attached hydrogens (tertiary/aromatic N) is 6. The Bertz CT molecular complexity index is 1970. The van der Waals surface area contributed by atoms with Crippen molar-refractivity contribution in [2.45, 2.75) is 107 Å². The van der Waals surface area contributed by atoms with E-state index in [-0.39, 0.29) is 36.3 Å². The molecule has 1 aromatic carbocycles. The summed E-state index contributed by atoms with van der Waals surface area (Å²) in [5, 5.41) is 17.9. The average Bonchev–Trinajstić information content (AvgIpc) is 3.67. The number of aliphatic carboxylic acids is 1. The van der Waals surface area contributed by atoms with Gasteiger partial charge in [0.05, 0.1) is 24.0 Å². The Morgan fingerprint density at radius 2 is 1.69 bits per heavy atom. The number of carbonyl (C=O) groups excluding carboxylic acids is 1. The third-order valence-corrected chi connectivity index (χ3v) is 13.6. The van der Waals surface area contributed by atoms with E-state index in [1.165, 1.54) is 4.90 Å². The van der Waals surface area contributed by atoms with Crippen LogP contribution in [-0.4, -0.2) is 73.0 Å². The lowest BCUT2D eigenvalue weighted by molar-refractivity contribution is -0.163. The van der Waals surface area contributed by atoms with Crippen molar-refractivity contribution in [1.82, 2.24) is 30.0 Å². The molecular weight excluding hydrogens is 709 g/mol. The minimum atomic E-state index is -4.28. The molecule has 0 atom stereocenters. The Hall–Kier alpha value is -4.14. The average molecular weight is 754 g/mol. The molecule has 15 heteroatoms. The molecule has 2 aromatic heterocycles. The number of aromatic nitrogens is 4. The highest BCUT2D eigenvalue weighted by Gasteiger charge is 2.62. The lowest BCUT2D eigenvalue weighted by atomic mass is 9.48. The molecule has 288 valence electrons. The summed E-state index contributed by atoms with van der Waals surface area (Å²) >= 11 is 0. The summed E-state index contributed by atoms with van der Waals surface area (Å²) < 4.78 is 72.1. The molecule has 3 aromatic rings. The van der Waals surface area contributed by atoms with E-state index in [2.05, 4.69) is 26.4 Å². The predicted molar refractivity (Wildman–Crippen MR) is 187 cm³/mol. The molecule has 4 bridgehead atoms. The molecule has 5 aliphatic carbocycles. The molecule has 0 saturated heterocycles. The molecule has 4 heterocycles. The van der Waals surface area contributed by atoms with Crippen molar-refractivity contribution in [2.24, 2.45) is 23.7 Å². The highest BCUT2D eigenvalue weighted by molar-refractivity contribution is 5.99. The number of carboxylic acids is 1. The van der Waals surface area contributed by atoms with Crippen LogP contribution in [-0.2, 0) is 29.1 Å². The Morgan fingerprint density at radius 3 is 2.33 bits per heavy atom. The molecule has 1 spiro atoms. The molecule has 5 fully saturated rings. The van der Waals surface area contributed by atoms with Crippen molar-refractivity contribution in [2.75, 3.05) is 24.5 Å². The zero-order valence-corrected chi connectivity index (χ0v) is 30.1. The third kappa shape index (κ3) is 5.78. The van der Waals surface area contributed by atoms with Crippen molar-refractivity contribution in [3.8, 4) is 5.69 Å². The van der Waals surface area contributed by atoms with Crippen LogP contribution in [0.3, 0.4) is 0 Å². The quantitative estimate of drug-likeness (QED) is 0.247. The van der Waals surface area contributed by atoms with Gasteiger partial charge in [0.25, 0.3) is 11.8 Å². The van der Waals surface area contributed by atoms with Gasteiger partial charge in [0.1, 0.15) is 11.2 Å². The van der Waals surface area contributed by atoms with Crippen LogP contribution in [0.2, 0.25) is 0 Å². The Balaban J connectivity index is 1.04. The molecule has 7 aliphatic rings. The number of halogens is 5. The summed E-state index contributed by atoms with van der Waals surface area (Å²) in [4.78, 5) is 39.0. The van der Waals surface area contributed by atoms with Crippen LogP contribution in [0.4, 0.5) is 33.6 Å². The second-order valence-corrected chi connectivity index (χ2v) is 17.0. The van der Waals surface area contributed by atoms with Crippen molar-refractivity contribution in [3.05, 3.63) is 58.7 Å². The van der Waals surface area contributed by atoms with Crippen LogP contribution in [0, 0.1) is 23.7 Å². The van der Waals surface area contributed by atoms with Crippen molar-refractivity contribution >= 4 is 23.5 Å². The number of carbonyl (C=O) groups is 2. The summed E-state index contributed by atoms with van der Waals surface area (Å²) in [5.41, 5.74) is 1.16. The van der Waals surface area contributed by atoms with Gasteiger partial charge in [0.15, 0.2) is 0 Å². The van der Waals surface area contributed by atoms with E-state index in [9.17, 15) is 27.9 Å². The smallest absolute Gasteiger partial charge is 0.401 e. The first-order valence-electron chi connectivity index (χ1n) is 19.2. The topological polar surface area (TPSA) is 116 Å². The Labute approximate surface area is 309 Å². The largest absolute Gasteiger partial charge is 0.479 e. The molecule has 54 heavy (non-hydrogen) atoms. The number of hydrogen-bond donors (Lipinski definition) is 2. The van der Waals surface area contributed by atoms with Crippen LogP contribution in [0.1, 0.15) is 104 Å². The fourth-order valence-electron chi connectivity index (χ4n) is 11.4. The zero-order chi connectivity index (χ0) is 37.8. The fraction of sp³-hybridized carbons (Fsp3) is 0.615. The maximum Gasteiger partial charge on any atom is 0.401 e. The first kappa shape index (κ1) is 35.6. The maximum atomic E-state index is 15.5. The van der Waals surface area contributed by atoms with Gasteiger partial charge in [-0.1, -0.05) is 19.3 Å². The number of fused-ring (bicyclic) bond motifs is 3. The van der Waals surface area contributed by atoms with Gasteiger partial charge >= 0.3 is 12.1 Å². The number of benzene rings is 1. The summed E-state index contributed by atoms with van der Waals surface area (Å²) in [7, 11) is 0. The summed E-state index contributed by atoms with van der Waals surface area (Å²) in [6, 6.07) is 5.83. The van der Waals surface area contributed by atoms with E-state index >= 15 is 8.78 Å². The molecule has 2 N–H and O–H groups in total. The van der Waals surface area contributed by atoms with Gasteiger partial charge in [-0.25, -0.2) is 19.4 Å². The minimum absolute atomic E-state index is 0.0309.